The number of hydrogen-bond donors (Lipinski definition) is 2. The van der Waals surface area contributed by atoms with Crippen LogP contribution in [0.3, 0.4) is 0 Å². The maximum Gasteiger partial charge on any atom is 0.236 e. The SMILES string of the molecule is CC1CCN(C(=O)CN2CCCC(C(=O)NCCN)C2)CC1. The molecule has 0 aromatic carbocycles. The van der Waals surface area contributed by atoms with Crippen molar-refractivity contribution in [3.63, 3.8) is 0 Å². The van der Waals surface area contributed by atoms with E-state index in [-0.39, 0.29) is 17.7 Å². The number of nitrogens with zero attached hydrogens (tertiary/aromatic N) is 2. The van der Waals surface area contributed by atoms with Gasteiger partial charge in [-0.05, 0) is 38.1 Å². The van der Waals surface area contributed by atoms with E-state index in [9.17, 15) is 9.59 Å². The van der Waals surface area contributed by atoms with Crippen LogP contribution in [-0.2, 0) is 9.59 Å². The molecule has 0 radical (unpaired) electrons. The van der Waals surface area contributed by atoms with Crippen molar-refractivity contribution in [3.8, 4) is 0 Å². The molecule has 0 saturated carbocycles. The number of nitrogens with two attached hydrogens (primary N) is 1. The predicted octanol–water partition coefficient (Wildman–Crippen LogP) is 0.0318. The lowest BCUT2D eigenvalue weighted by molar-refractivity contribution is -0.135. The number of hydrogen-bond acceptors (Lipinski definition) is 4. The van der Waals surface area contributed by atoms with Crippen LogP contribution < -0.4 is 11.1 Å². The minimum Gasteiger partial charge on any atom is -0.355 e. The molecule has 6 nitrogen and oxygen atoms in total. The van der Waals surface area contributed by atoms with E-state index in [1.807, 2.05) is 4.90 Å². The van der Waals surface area contributed by atoms with Crippen molar-refractivity contribution in [1.82, 2.24) is 15.1 Å². The Morgan fingerprint density at radius 1 is 1.18 bits per heavy atom. The summed E-state index contributed by atoms with van der Waals surface area (Å²) in [5.41, 5.74) is 5.42. The summed E-state index contributed by atoms with van der Waals surface area (Å²) in [6.07, 6.45) is 4.10. The number of likely N-dealkylation sites (tertiary alicyclic amines) is 2. The molecule has 0 bridgehead atoms. The number of amides is 2. The molecule has 126 valence electrons. The maximum absolute atomic E-state index is 12.4. The van der Waals surface area contributed by atoms with Gasteiger partial charge in [0.05, 0.1) is 12.5 Å². The maximum atomic E-state index is 12.4. The van der Waals surface area contributed by atoms with E-state index in [0.717, 1.165) is 51.2 Å². The first-order chi connectivity index (χ1) is 10.6. The molecular weight excluding hydrogens is 280 g/mol. The normalized spacial score (nSPS) is 24.3. The van der Waals surface area contributed by atoms with Crippen LogP contribution in [0.15, 0.2) is 0 Å². The van der Waals surface area contributed by atoms with Crippen molar-refractivity contribution in [1.29, 1.82) is 0 Å². The molecule has 2 rings (SSSR count). The van der Waals surface area contributed by atoms with Gasteiger partial charge in [-0.25, -0.2) is 0 Å². The highest BCUT2D eigenvalue weighted by molar-refractivity contribution is 5.80. The van der Waals surface area contributed by atoms with Crippen molar-refractivity contribution in [2.24, 2.45) is 17.6 Å². The third-order valence-corrected chi connectivity index (χ3v) is 4.82. The highest BCUT2D eigenvalue weighted by Gasteiger charge is 2.28. The zero-order chi connectivity index (χ0) is 15.9. The molecule has 0 aromatic rings. The van der Waals surface area contributed by atoms with E-state index in [2.05, 4.69) is 17.1 Å². The molecule has 2 heterocycles. The topological polar surface area (TPSA) is 78.7 Å². The number of carbonyl (C=O) groups excluding carboxylic acids is 2. The molecule has 2 aliphatic heterocycles. The van der Waals surface area contributed by atoms with Gasteiger partial charge < -0.3 is 16.0 Å². The lowest BCUT2D eigenvalue weighted by Gasteiger charge is -2.35. The van der Waals surface area contributed by atoms with Gasteiger partial charge in [-0.3, -0.25) is 14.5 Å². The molecule has 2 aliphatic rings. The lowest BCUT2D eigenvalue weighted by atomic mass is 9.96. The summed E-state index contributed by atoms with van der Waals surface area (Å²) in [6.45, 7) is 7.06. The van der Waals surface area contributed by atoms with Crippen molar-refractivity contribution in [2.75, 3.05) is 45.8 Å². The van der Waals surface area contributed by atoms with E-state index in [1.165, 1.54) is 0 Å². The Balaban J connectivity index is 1.77. The van der Waals surface area contributed by atoms with Crippen LogP contribution in [0.2, 0.25) is 0 Å². The van der Waals surface area contributed by atoms with Crippen LogP contribution in [0.4, 0.5) is 0 Å². The second-order valence-corrected chi connectivity index (χ2v) is 6.72. The zero-order valence-corrected chi connectivity index (χ0v) is 13.7. The Bertz CT molecular complexity index is 380. The van der Waals surface area contributed by atoms with Gasteiger partial charge in [-0.1, -0.05) is 6.92 Å². The Labute approximate surface area is 133 Å². The van der Waals surface area contributed by atoms with E-state index < -0.39 is 0 Å². The van der Waals surface area contributed by atoms with Gasteiger partial charge in [-0.2, -0.15) is 0 Å². The van der Waals surface area contributed by atoms with Crippen LogP contribution in [-0.4, -0.2) is 67.4 Å². The van der Waals surface area contributed by atoms with Crippen molar-refractivity contribution < 1.29 is 9.59 Å². The van der Waals surface area contributed by atoms with Crippen molar-refractivity contribution in [3.05, 3.63) is 0 Å². The van der Waals surface area contributed by atoms with Gasteiger partial charge in [0, 0.05) is 32.7 Å². The molecule has 22 heavy (non-hydrogen) atoms. The van der Waals surface area contributed by atoms with Gasteiger partial charge in [-0.15, -0.1) is 0 Å². The average Bonchev–Trinajstić information content (AvgIpc) is 2.53. The van der Waals surface area contributed by atoms with E-state index in [1.54, 1.807) is 0 Å². The number of rotatable bonds is 5. The number of carbonyl (C=O) groups is 2. The van der Waals surface area contributed by atoms with Gasteiger partial charge in [0.25, 0.3) is 0 Å². The minimum absolute atomic E-state index is 0.00511. The van der Waals surface area contributed by atoms with Gasteiger partial charge in [0.2, 0.25) is 11.8 Å². The standard InChI is InChI=1S/C16H30N4O2/c1-13-4-9-20(10-5-13)15(21)12-19-8-2-3-14(11-19)16(22)18-7-6-17/h13-14H,2-12,17H2,1H3,(H,18,22). The summed E-state index contributed by atoms with van der Waals surface area (Å²) < 4.78 is 0. The van der Waals surface area contributed by atoms with Crippen LogP contribution in [0, 0.1) is 11.8 Å². The lowest BCUT2D eigenvalue weighted by Crippen LogP contribution is -2.49. The van der Waals surface area contributed by atoms with E-state index >= 15 is 0 Å². The Hall–Kier alpha value is -1.14. The molecule has 2 amide bonds. The number of nitrogens with one attached hydrogen (secondary N) is 1. The van der Waals surface area contributed by atoms with E-state index in [0.29, 0.717) is 26.2 Å². The monoisotopic (exact) mass is 310 g/mol. The van der Waals surface area contributed by atoms with E-state index in [4.69, 9.17) is 5.73 Å². The third kappa shape index (κ3) is 4.95. The fourth-order valence-electron chi connectivity index (χ4n) is 3.30. The van der Waals surface area contributed by atoms with Gasteiger partial charge in [0.1, 0.15) is 0 Å². The predicted molar refractivity (Wildman–Crippen MR) is 86.2 cm³/mol. The largest absolute Gasteiger partial charge is 0.355 e. The first-order valence-electron chi connectivity index (χ1n) is 8.58. The summed E-state index contributed by atoms with van der Waals surface area (Å²) in [5, 5.41) is 2.86. The van der Waals surface area contributed by atoms with Crippen LogP contribution in [0.5, 0.6) is 0 Å². The van der Waals surface area contributed by atoms with Gasteiger partial charge >= 0.3 is 0 Å². The van der Waals surface area contributed by atoms with Crippen LogP contribution in [0.1, 0.15) is 32.6 Å². The Morgan fingerprint density at radius 3 is 2.59 bits per heavy atom. The molecule has 0 spiro atoms. The molecular formula is C16H30N4O2. The quantitative estimate of drug-likeness (QED) is 0.751. The smallest absolute Gasteiger partial charge is 0.236 e. The Kier molecular flexibility index (Phi) is 6.64. The number of piperidine rings is 2. The molecule has 2 fully saturated rings. The van der Waals surface area contributed by atoms with Crippen molar-refractivity contribution in [2.45, 2.75) is 32.6 Å². The summed E-state index contributed by atoms with van der Waals surface area (Å²) in [6, 6.07) is 0. The summed E-state index contributed by atoms with van der Waals surface area (Å²) in [5.74, 6) is 1.02. The fraction of sp³-hybridized carbons (Fsp3) is 0.875. The molecule has 3 N–H and O–H groups in total. The summed E-state index contributed by atoms with van der Waals surface area (Å²) in [7, 11) is 0. The molecule has 1 unspecified atom stereocenters. The average molecular weight is 310 g/mol. The second kappa shape index (κ2) is 8.48. The van der Waals surface area contributed by atoms with Gasteiger partial charge in [0.15, 0.2) is 0 Å². The molecule has 0 aromatic heterocycles. The van der Waals surface area contributed by atoms with Crippen LogP contribution in [0.25, 0.3) is 0 Å². The first kappa shape index (κ1) is 17.2. The molecule has 6 heteroatoms. The van der Waals surface area contributed by atoms with Crippen molar-refractivity contribution >= 4 is 11.8 Å². The third-order valence-electron chi connectivity index (χ3n) is 4.82. The van der Waals surface area contributed by atoms with Crippen LogP contribution >= 0.6 is 0 Å². The second-order valence-electron chi connectivity index (χ2n) is 6.72. The highest BCUT2D eigenvalue weighted by Crippen LogP contribution is 2.19. The molecule has 2 saturated heterocycles. The zero-order valence-electron chi connectivity index (χ0n) is 13.7. The summed E-state index contributed by atoms with van der Waals surface area (Å²) in [4.78, 5) is 28.5. The molecule has 1 atom stereocenters. The minimum atomic E-state index is -0.00511. The molecule has 0 aliphatic carbocycles. The summed E-state index contributed by atoms with van der Waals surface area (Å²) >= 11 is 0. The Morgan fingerprint density at radius 2 is 1.91 bits per heavy atom. The fourth-order valence-corrected chi connectivity index (χ4v) is 3.30. The highest BCUT2D eigenvalue weighted by atomic mass is 16.2. The first-order valence-corrected chi connectivity index (χ1v) is 8.58.